The van der Waals surface area contributed by atoms with Crippen molar-refractivity contribution in [2.24, 2.45) is 17.1 Å². The fourth-order valence-corrected chi connectivity index (χ4v) is 3.90. The van der Waals surface area contributed by atoms with Crippen LogP contribution in [0.3, 0.4) is 0 Å². The number of hydrogen-bond donors (Lipinski definition) is 3. The molecule has 4 N–H and O–H groups in total. The Morgan fingerprint density at radius 2 is 2.10 bits per heavy atom. The van der Waals surface area contributed by atoms with Gasteiger partial charge in [0.25, 0.3) is 0 Å². The zero-order valence-electron chi connectivity index (χ0n) is 11.3. The lowest BCUT2D eigenvalue weighted by atomic mass is 9.74. The molecule has 0 aromatic carbocycles. The number of nitrogens with two attached hydrogens (primary N) is 1. The van der Waals surface area contributed by atoms with Crippen LogP contribution in [0, 0.1) is 11.3 Å². The number of nitrogens with one attached hydrogen (secondary N) is 1. The zero-order valence-corrected chi connectivity index (χ0v) is 12.2. The number of fused-ring (bicyclic) bond motifs is 1. The summed E-state index contributed by atoms with van der Waals surface area (Å²) in [5.74, 6) is -1.82. The first-order valence-corrected chi connectivity index (χ1v) is 7.70. The van der Waals surface area contributed by atoms with Crippen molar-refractivity contribution in [3.63, 3.8) is 0 Å². The number of thiophene rings is 1. The van der Waals surface area contributed by atoms with Crippen LogP contribution in [-0.4, -0.2) is 22.9 Å². The van der Waals surface area contributed by atoms with Crippen LogP contribution < -0.4 is 11.1 Å². The van der Waals surface area contributed by atoms with Gasteiger partial charge in [-0.25, -0.2) is 0 Å². The first-order valence-electron chi connectivity index (χ1n) is 6.88. The molecule has 1 fully saturated rings. The molecule has 1 heterocycles. The van der Waals surface area contributed by atoms with Crippen molar-refractivity contribution >= 4 is 34.1 Å². The standard InChI is InChI=1S/C14H16N2O4S/c15-12(18)14(13(19)20)4-3-8-5-10(21-9(8)6-14)16-11(17)7-1-2-7/h5,7H,1-4,6H2,(H2,15,18)(H,16,17)(H,19,20). The summed E-state index contributed by atoms with van der Waals surface area (Å²) in [6, 6.07) is 1.88. The van der Waals surface area contributed by atoms with E-state index in [1.54, 1.807) is 0 Å². The summed E-state index contributed by atoms with van der Waals surface area (Å²) in [6.45, 7) is 0. The number of carboxylic acid groups (broad SMARTS) is 1. The van der Waals surface area contributed by atoms with Gasteiger partial charge in [0.1, 0.15) is 0 Å². The molecule has 21 heavy (non-hydrogen) atoms. The van der Waals surface area contributed by atoms with Crippen molar-refractivity contribution < 1.29 is 19.5 Å². The van der Waals surface area contributed by atoms with Crippen LogP contribution in [-0.2, 0) is 27.2 Å². The third-order valence-electron chi connectivity index (χ3n) is 4.26. The van der Waals surface area contributed by atoms with Gasteiger partial charge in [-0.3, -0.25) is 14.4 Å². The predicted octanol–water partition coefficient (Wildman–Crippen LogP) is 1.14. The highest BCUT2D eigenvalue weighted by Gasteiger charge is 2.47. The highest BCUT2D eigenvalue weighted by Crippen LogP contribution is 2.42. The maximum atomic E-state index is 11.8. The van der Waals surface area contributed by atoms with E-state index in [2.05, 4.69) is 5.32 Å². The van der Waals surface area contributed by atoms with Crippen molar-refractivity contribution in [3.8, 4) is 0 Å². The van der Waals surface area contributed by atoms with Gasteiger partial charge in [0.05, 0.1) is 5.00 Å². The van der Waals surface area contributed by atoms with Crippen LogP contribution in [0.5, 0.6) is 0 Å². The van der Waals surface area contributed by atoms with Gasteiger partial charge in [-0.15, -0.1) is 11.3 Å². The Bertz CT molecular complexity index is 619. The van der Waals surface area contributed by atoms with Crippen LogP contribution in [0.1, 0.15) is 29.7 Å². The summed E-state index contributed by atoms with van der Waals surface area (Å²) < 4.78 is 0. The molecule has 0 spiro atoms. The van der Waals surface area contributed by atoms with E-state index in [1.807, 2.05) is 6.07 Å². The maximum absolute atomic E-state index is 11.8. The number of rotatable bonds is 4. The molecule has 7 heteroatoms. The largest absolute Gasteiger partial charge is 0.480 e. The summed E-state index contributed by atoms with van der Waals surface area (Å²) in [5.41, 5.74) is 4.80. The van der Waals surface area contributed by atoms with E-state index in [9.17, 15) is 19.5 Å². The van der Waals surface area contributed by atoms with Crippen molar-refractivity contribution in [3.05, 3.63) is 16.5 Å². The van der Waals surface area contributed by atoms with Crippen LogP contribution in [0.4, 0.5) is 5.00 Å². The molecular weight excluding hydrogens is 292 g/mol. The van der Waals surface area contributed by atoms with Crippen LogP contribution in [0.2, 0.25) is 0 Å². The average molecular weight is 308 g/mol. The molecule has 2 aliphatic rings. The number of primary amides is 1. The SMILES string of the molecule is NC(=O)C1(C(=O)O)CCc2cc(NC(=O)C3CC3)sc2C1. The third-order valence-corrected chi connectivity index (χ3v) is 5.35. The van der Waals surface area contributed by atoms with Crippen molar-refractivity contribution in [2.75, 3.05) is 5.32 Å². The average Bonchev–Trinajstić information content (AvgIpc) is 3.18. The highest BCUT2D eigenvalue weighted by molar-refractivity contribution is 7.16. The number of aryl methyl sites for hydroxylation is 1. The minimum Gasteiger partial charge on any atom is -0.480 e. The lowest BCUT2D eigenvalue weighted by molar-refractivity contribution is -0.155. The van der Waals surface area contributed by atoms with Crippen molar-refractivity contribution in [1.82, 2.24) is 0 Å². The lowest BCUT2D eigenvalue weighted by Gasteiger charge is -2.29. The van der Waals surface area contributed by atoms with Gasteiger partial charge in [0.15, 0.2) is 5.41 Å². The zero-order chi connectivity index (χ0) is 15.2. The van der Waals surface area contributed by atoms with E-state index < -0.39 is 17.3 Å². The Morgan fingerprint density at radius 1 is 1.38 bits per heavy atom. The van der Waals surface area contributed by atoms with Crippen LogP contribution in [0.15, 0.2) is 6.07 Å². The Morgan fingerprint density at radius 3 is 2.67 bits per heavy atom. The van der Waals surface area contributed by atoms with Crippen molar-refractivity contribution in [2.45, 2.75) is 32.1 Å². The molecule has 6 nitrogen and oxygen atoms in total. The normalized spacial score (nSPS) is 24.2. The first kappa shape index (κ1) is 14.1. The third kappa shape index (κ3) is 2.42. The molecule has 1 saturated carbocycles. The number of aliphatic carboxylic acids is 1. The van der Waals surface area contributed by atoms with Gasteiger partial charge >= 0.3 is 5.97 Å². The molecule has 1 aromatic rings. The van der Waals surface area contributed by atoms with Gasteiger partial charge in [0.2, 0.25) is 11.8 Å². The summed E-state index contributed by atoms with van der Waals surface area (Å²) >= 11 is 1.34. The Hall–Kier alpha value is -1.89. The molecule has 1 atom stereocenters. The van der Waals surface area contributed by atoms with E-state index in [0.29, 0.717) is 6.42 Å². The van der Waals surface area contributed by atoms with Gasteiger partial charge < -0.3 is 16.2 Å². The highest BCUT2D eigenvalue weighted by atomic mass is 32.1. The second-order valence-electron chi connectivity index (χ2n) is 5.75. The number of carbonyl (C=O) groups is 3. The first-order chi connectivity index (χ1) is 9.92. The molecule has 3 rings (SSSR count). The number of anilines is 1. The second-order valence-corrected chi connectivity index (χ2v) is 6.89. The number of amides is 2. The summed E-state index contributed by atoms with van der Waals surface area (Å²) in [4.78, 5) is 35.6. The quantitative estimate of drug-likeness (QED) is 0.724. The van der Waals surface area contributed by atoms with Gasteiger partial charge in [-0.1, -0.05) is 0 Å². The van der Waals surface area contributed by atoms with E-state index in [-0.39, 0.29) is 24.7 Å². The topological polar surface area (TPSA) is 109 Å². The van der Waals surface area contributed by atoms with E-state index in [1.165, 1.54) is 11.3 Å². The lowest BCUT2D eigenvalue weighted by Crippen LogP contribution is -2.47. The Kier molecular flexibility index (Phi) is 3.24. The summed E-state index contributed by atoms with van der Waals surface area (Å²) in [7, 11) is 0. The molecule has 2 aliphatic carbocycles. The predicted molar refractivity (Wildman–Crippen MR) is 77.0 cm³/mol. The van der Waals surface area contributed by atoms with E-state index in [0.717, 1.165) is 28.3 Å². The molecule has 2 amide bonds. The van der Waals surface area contributed by atoms with Crippen molar-refractivity contribution in [1.29, 1.82) is 0 Å². The van der Waals surface area contributed by atoms with Crippen LogP contribution in [0.25, 0.3) is 0 Å². The maximum Gasteiger partial charge on any atom is 0.319 e. The molecule has 0 bridgehead atoms. The monoisotopic (exact) mass is 308 g/mol. The summed E-state index contributed by atoms with van der Waals surface area (Å²) in [5, 5.41) is 12.9. The Labute approximate surface area is 125 Å². The molecule has 112 valence electrons. The number of carbonyl (C=O) groups excluding carboxylic acids is 2. The Balaban J connectivity index is 1.82. The van der Waals surface area contributed by atoms with E-state index >= 15 is 0 Å². The second kappa shape index (κ2) is 4.84. The van der Waals surface area contributed by atoms with Gasteiger partial charge in [-0.05, 0) is 37.3 Å². The molecule has 0 aliphatic heterocycles. The molecule has 1 unspecified atom stereocenters. The van der Waals surface area contributed by atoms with Gasteiger partial charge in [-0.2, -0.15) is 0 Å². The fraction of sp³-hybridized carbons (Fsp3) is 0.500. The molecule has 0 saturated heterocycles. The molecule has 0 radical (unpaired) electrons. The molecule has 1 aromatic heterocycles. The van der Waals surface area contributed by atoms with Crippen LogP contribution >= 0.6 is 11.3 Å². The minimum absolute atomic E-state index is 0.0213. The smallest absolute Gasteiger partial charge is 0.319 e. The molecular formula is C14H16N2O4S. The minimum atomic E-state index is -1.52. The fourth-order valence-electron chi connectivity index (χ4n) is 2.67. The number of carboxylic acids is 1. The van der Waals surface area contributed by atoms with Gasteiger partial charge in [0, 0.05) is 17.2 Å². The summed E-state index contributed by atoms with van der Waals surface area (Å²) in [6.07, 6.45) is 2.66. The number of hydrogen-bond acceptors (Lipinski definition) is 4. The van der Waals surface area contributed by atoms with E-state index in [4.69, 9.17) is 5.73 Å².